The zero-order chi connectivity index (χ0) is 14.8. The van der Waals surface area contributed by atoms with Gasteiger partial charge in [0.25, 0.3) is 5.56 Å². The van der Waals surface area contributed by atoms with Crippen molar-refractivity contribution in [2.75, 3.05) is 5.32 Å². The van der Waals surface area contributed by atoms with Gasteiger partial charge in [0.1, 0.15) is 6.54 Å². The molecule has 0 radical (unpaired) electrons. The van der Waals surface area contributed by atoms with Crippen LogP contribution in [-0.2, 0) is 24.2 Å². The topological polar surface area (TPSA) is 76.9 Å². The van der Waals surface area contributed by atoms with E-state index in [0.717, 1.165) is 29.6 Å². The van der Waals surface area contributed by atoms with Gasteiger partial charge >= 0.3 is 0 Å². The number of hydrogen-bond donors (Lipinski definition) is 1. The van der Waals surface area contributed by atoms with Gasteiger partial charge in [-0.2, -0.15) is 5.10 Å². The second-order valence-corrected chi connectivity index (χ2v) is 6.20. The number of aryl methyl sites for hydroxylation is 3. The number of aromatic nitrogens is 3. The van der Waals surface area contributed by atoms with Gasteiger partial charge in [0.15, 0.2) is 5.13 Å². The van der Waals surface area contributed by atoms with E-state index in [2.05, 4.69) is 15.4 Å². The molecular formula is C14H16N4O2S. The summed E-state index contributed by atoms with van der Waals surface area (Å²) >= 11 is 1.53. The molecule has 0 atom stereocenters. The van der Waals surface area contributed by atoms with E-state index < -0.39 is 0 Å². The molecule has 2 aromatic heterocycles. The maximum Gasteiger partial charge on any atom is 0.267 e. The van der Waals surface area contributed by atoms with Gasteiger partial charge in [0.05, 0.1) is 11.4 Å². The van der Waals surface area contributed by atoms with E-state index in [-0.39, 0.29) is 18.0 Å². The van der Waals surface area contributed by atoms with E-state index in [1.807, 2.05) is 0 Å². The van der Waals surface area contributed by atoms with Gasteiger partial charge in [-0.1, -0.05) is 0 Å². The largest absolute Gasteiger partial charge is 0.300 e. The molecule has 1 aliphatic rings. The highest BCUT2D eigenvalue weighted by Crippen LogP contribution is 2.29. The summed E-state index contributed by atoms with van der Waals surface area (Å²) in [6.45, 7) is 1.69. The van der Waals surface area contributed by atoms with E-state index in [4.69, 9.17) is 0 Å². The smallest absolute Gasteiger partial charge is 0.267 e. The molecule has 110 valence electrons. The van der Waals surface area contributed by atoms with Gasteiger partial charge in [0.2, 0.25) is 5.91 Å². The second-order valence-electron chi connectivity index (χ2n) is 5.11. The Morgan fingerprint density at radius 3 is 3.00 bits per heavy atom. The van der Waals surface area contributed by atoms with Crippen molar-refractivity contribution in [3.63, 3.8) is 0 Å². The van der Waals surface area contributed by atoms with Gasteiger partial charge in [-0.3, -0.25) is 9.59 Å². The summed E-state index contributed by atoms with van der Waals surface area (Å²) in [5.74, 6) is -0.277. The van der Waals surface area contributed by atoms with Crippen molar-refractivity contribution >= 4 is 22.4 Å². The summed E-state index contributed by atoms with van der Waals surface area (Å²) in [4.78, 5) is 29.4. The Labute approximate surface area is 125 Å². The van der Waals surface area contributed by atoms with Crippen molar-refractivity contribution in [2.45, 2.75) is 39.2 Å². The molecule has 6 nitrogen and oxygen atoms in total. The third kappa shape index (κ3) is 3.18. The SMILES string of the molecule is Cc1ccc(=O)n(CC(=O)Nc2nc3c(s2)CCCC3)n1. The van der Waals surface area contributed by atoms with Crippen molar-refractivity contribution in [1.82, 2.24) is 14.8 Å². The average molecular weight is 304 g/mol. The molecule has 0 spiro atoms. The van der Waals surface area contributed by atoms with Crippen LogP contribution in [0.25, 0.3) is 0 Å². The monoisotopic (exact) mass is 304 g/mol. The molecule has 0 bridgehead atoms. The fourth-order valence-electron chi connectivity index (χ4n) is 2.36. The van der Waals surface area contributed by atoms with Gasteiger partial charge in [-0.25, -0.2) is 9.67 Å². The van der Waals surface area contributed by atoms with Crippen molar-refractivity contribution in [2.24, 2.45) is 0 Å². The molecule has 0 saturated carbocycles. The fraction of sp³-hybridized carbons (Fsp3) is 0.429. The molecule has 0 saturated heterocycles. The first kappa shape index (κ1) is 13.9. The quantitative estimate of drug-likeness (QED) is 0.933. The van der Waals surface area contributed by atoms with Crippen LogP contribution in [0.15, 0.2) is 16.9 Å². The Morgan fingerprint density at radius 2 is 2.19 bits per heavy atom. The predicted octanol–water partition coefficient (Wildman–Crippen LogP) is 1.53. The number of rotatable bonds is 3. The number of hydrogen-bond acceptors (Lipinski definition) is 5. The Morgan fingerprint density at radius 1 is 1.38 bits per heavy atom. The number of anilines is 1. The van der Waals surface area contributed by atoms with Crippen LogP contribution in [0.1, 0.15) is 29.1 Å². The molecule has 1 amide bonds. The lowest BCUT2D eigenvalue weighted by molar-refractivity contribution is -0.117. The third-order valence-corrected chi connectivity index (χ3v) is 4.46. The van der Waals surface area contributed by atoms with Crippen LogP contribution in [0.4, 0.5) is 5.13 Å². The molecule has 2 heterocycles. The first-order valence-corrected chi connectivity index (χ1v) is 7.76. The lowest BCUT2D eigenvalue weighted by Gasteiger charge is -2.06. The highest BCUT2D eigenvalue weighted by molar-refractivity contribution is 7.15. The fourth-order valence-corrected chi connectivity index (χ4v) is 3.43. The number of carbonyl (C=O) groups is 1. The second kappa shape index (κ2) is 5.77. The summed E-state index contributed by atoms with van der Waals surface area (Å²) in [6.07, 6.45) is 4.38. The first-order valence-electron chi connectivity index (χ1n) is 6.95. The van der Waals surface area contributed by atoms with Crippen molar-refractivity contribution in [3.05, 3.63) is 38.8 Å². The first-order chi connectivity index (χ1) is 10.1. The van der Waals surface area contributed by atoms with Gasteiger partial charge < -0.3 is 5.32 Å². The zero-order valence-corrected chi connectivity index (χ0v) is 12.6. The zero-order valence-electron chi connectivity index (χ0n) is 11.8. The van der Waals surface area contributed by atoms with E-state index >= 15 is 0 Å². The standard InChI is InChI=1S/C14H16N4O2S/c1-9-6-7-13(20)18(17-9)8-12(19)16-14-15-10-4-2-3-5-11(10)21-14/h6-7H,2-5,8H2,1H3,(H,15,16,19). The summed E-state index contributed by atoms with van der Waals surface area (Å²) in [7, 11) is 0. The number of nitrogens with one attached hydrogen (secondary N) is 1. The molecular weight excluding hydrogens is 288 g/mol. The predicted molar refractivity (Wildman–Crippen MR) is 80.6 cm³/mol. The Balaban J connectivity index is 1.70. The number of thiazole rings is 1. The van der Waals surface area contributed by atoms with Crippen LogP contribution < -0.4 is 10.9 Å². The molecule has 0 aliphatic heterocycles. The highest BCUT2D eigenvalue weighted by atomic mass is 32.1. The summed E-state index contributed by atoms with van der Waals surface area (Å²) in [5.41, 5.74) is 1.52. The van der Waals surface area contributed by atoms with E-state index in [1.165, 1.54) is 28.7 Å². The Kier molecular flexibility index (Phi) is 3.83. The van der Waals surface area contributed by atoms with Crippen LogP contribution in [0.2, 0.25) is 0 Å². The normalized spacial score (nSPS) is 13.8. The van der Waals surface area contributed by atoms with Crippen LogP contribution in [0.3, 0.4) is 0 Å². The average Bonchev–Trinajstić information content (AvgIpc) is 2.84. The van der Waals surface area contributed by atoms with E-state index in [1.54, 1.807) is 13.0 Å². The third-order valence-electron chi connectivity index (χ3n) is 3.39. The number of nitrogens with zero attached hydrogens (tertiary/aromatic N) is 3. The Hall–Kier alpha value is -2.02. The van der Waals surface area contributed by atoms with Gasteiger partial charge in [0, 0.05) is 10.9 Å². The van der Waals surface area contributed by atoms with Crippen LogP contribution in [0, 0.1) is 6.92 Å². The van der Waals surface area contributed by atoms with Crippen molar-refractivity contribution in [1.29, 1.82) is 0 Å². The molecule has 7 heteroatoms. The molecule has 21 heavy (non-hydrogen) atoms. The molecule has 0 fully saturated rings. The number of amides is 1. The molecule has 1 N–H and O–H groups in total. The number of fused-ring (bicyclic) bond motifs is 1. The Bertz CT molecular complexity index is 711. The molecule has 0 aromatic carbocycles. The van der Waals surface area contributed by atoms with Crippen LogP contribution in [-0.4, -0.2) is 20.7 Å². The molecule has 1 aliphatic carbocycles. The molecule has 2 aromatic rings. The van der Waals surface area contributed by atoms with Crippen LogP contribution >= 0.6 is 11.3 Å². The lowest BCUT2D eigenvalue weighted by atomic mass is 10.0. The summed E-state index contributed by atoms with van der Waals surface area (Å²) in [5, 5.41) is 7.43. The molecule has 3 rings (SSSR count). The summed E-state index contributed by atoms with van der Waals surface area (Å²) < 4.78 is 1.16. The van der Waals surface area contributed by atoms with Gasteiger partial charge in [-0.15, -0.1) is 11.3 Å². The minimum absolute atomic E-state index is 0.0925. The highest BCUT2D eigenvalue weighted by Gasteiger charge is 2.16. The minimum Gasteiger partial charge on any atom is -0.300 e. The van der Waals surface area contributed by atoms with Crippen molar-refractivity contribution in [3.8, 4) is 0 Å². The van der Waals surface area contributed by atoms with Gasteiger partial charge in [-0.05, 0) is 38.7 Å². The minimum atomic E-state index is -0.283. The number of carbonyl (C=O) groups excluding carboxylic acids is 1. The van der Waals surface area contributed by atoms with Crippen LogP contribution in [0.5, 0.6) is 0 Å². The maximum absolute atomic E-state index is 12.0. The maximum atomic E-state index is 12.0. The van der Waals surface area contributed by atoms with Crippen molar-refractivity contribution < 1.29 is 4.79 Å². The van der Waals surface area contributed by atoms with E-state index in [0.29, 0.717) is 10.8 Å². The summed E-state index contributed by atoms with van der Waals surface area (Å²) in [6, 6.07) is 3.04. The molecule has 0 unspecified atom stereocenters. The lowest BCUT2D eigenvalue weighted by Crippen LogP contribution is -2.29. The van der Waals surface area contributed by atoms with E-state index in [9.17, 15) is 9.59 Å².